The first-order valence-corrected chi connectivity index (χ1v) is 8.41. The summed E-state index contributed by atoms with van der Waals surface area (Å²) < 4.78 is 33.3. The standard InChI is InChI=1S/C20H19F2NO5/c1-13(24)17(11-14-5-3-2-4-6-14)23-18(25)12-27-19(26)15-7-9-16(10-8-15)28-20(21)22/h2-10,17,20H,11-12H2,1H3,(H,23,25)/t17-/m1/s1. The summed E-state index contributed by atoms with van der Waals surface area (Å²) in [7, 11) is 0. The van der Waals surface area contributed by atoms with Gasteiger partial charge in [0.25, 0.3) is 5.91 Å². The molecule has 0 unspecified atom stereocenters. The van der Waals surface area contributed by atoms with Crippen LogP contribution in [0.25, 0.3) is 0 Å². The van der Waals surface area contributed by atoms with Crippen LogP contribution in [-0.4, -0.2) is 36.9 Å². The van der Waals surface area contributed by atoms with Crippen LogP contribution in [0.2, 0.25) is 0 Å². The number of carbonyl (C=O) groups excluding carboxylic acids is 3. The first-order valence-electron chi connectivity index (χ1n) is 8.41. The summed E-state index contributed by atoms with van der Waals surface area (Å²) in [5, 5.41) is 2.53. The SMILES string of the molecule is CC(=O)[C@@H](Cc1ccccc1)NC(=O)COC(=O)c1ccc(OC(F)F)cc1. The number of ketones is 1. The van der Waals surface area contributed by atoms with Crippen molar-refractivity contribution in [2.75, 3.05) is 6.61 Å². The highest BCUT2D eigenvalue weighted by atomic mass is 19.3. The molecule has 0 heterocycles. The van der Waals surface area contributed by atoms with E-state index in [0.717, 1.165) is 5.56 Å². The van der Waals surface area contributed by atoms with Crippen molar-refractivity contribution < 1.29 is 32.6 Å². The number of halogens is 2. The molecular weight excluding hydrogens is 372 g/mol. The molecule has 0 saturated carbocycles. The van der Waals surface area contributed by atoms with Crippen LogP contribution in [0, 0.1) is 0 Å². The van der Waals surface area contributed by atoms with Gasteiger partial charge in [0.05, 0.1) is 11.6 Å². The van der Waals surface area contributed by atoms with Crippen LogP contribution in [0.3, 0.4) is 0 Å². The number of hydrogen-bond donors (Lipinski definition) is 1. The van der Waals surface area contributed by atoms with Crippen molar-refractivity contribution in [1.82, 2.24) is 5.32 Å². The van der Waals surface area contributed by atoms with Crippen LogP contribution in [0.5, 0.6) is 5.75 Å². The molecular formula is C20H19F2NO5. The fraction of sp³-hybridized carbons (Fsp3) is 0.250. The number of nitrogens with one attached hydrogen (secondary N) is 1. The zero-order chi connectivity index (χ0) is 20.5. The highest BCUT2D eigenvalue weighted by Crippen LogP contribution is 2.15. The topological polar surface area (TPSA) is 81.7 Å². The molecule has 1 amide bonds. The van der Waals surface area contributed by atoms with E-state index in [1.54, 1.807) is 0 Å². The molecule has 0 aliphatic heterocycles. The Balaban J connectivity index is 1.86. The zero-order valence-corrected chi connectivity index (χ0v) is 15.1. The highest BCUT2D eigenvalue weighted by Gasteiger charge is 2.19. The third kappa shape index (κ3) is 6.79. The minimum atomic E-state index is -2.97. The number of amides is 1. The van der Waals surface area contributed by atoms with Crippen molar-refractivity contribution in [2.45, 2.75) is 26.0 Å². The summed E-state index contributed by atoms with van der Waals surface area (Å²) in [6.07, 6.45) is 0.321. The van der Waals surface area contributed by atoms with Crippen LogP contribution in [0.1, 0.15) is 22.8 Å². The van der Waals surface area contributed by atoms with Gasteiger partial charge >= 0.3 is 12.6 Å². The normalized spacial score (nSPS) is 11.6. The predicted molar refractivity (Wildman–Crippen MR) is 96.1 cm³/mol. The second-order valence-electron chi connectivity index (χ2n) is 5.90. The maximum atomic E-state index is 12.1. The second kappa shape index (κ2) is 10.1. The van der Waals surface area contributed by atoms with Gasteiger partial charge in [-0.05, 0) is 43.2 Å². The van der Waals surface area contributed by atoms with Gasteiger partial charge in [-0.1, -0.05) is 30.3 Å². The predicted octanol–water partition coefficient (Wildman–Crippen LogP) is 2.76. The van der Waals surface area contributed by atoms with Crippen LogP contribution >= 0.6 is 0 Å². The minimum absolute atomic E-state index is 0.0711. The molecule has 0 aromatic heterocycles. The minimum Gasteiger partial charge on any atom is -0.452 e. The van der Waals surface area contributed by atoms with Gasteiger partial charge < -0.3 is 14.8 Å². The van der Waals surface area contributed by atoms with Gasteiger partial charge in [-0.3, -0.25) is 9.59 Å². The van der Waals surface area contributed by atoms with Crippen LogP contribution in [-0.2, 0) is 20.7 Å². The number of alkyl halides is 2. The monoisotopic (exact) mass is 391 g/mol. The van der Waals surface area contributed by atoms with E-state index >= 15 is 0 Å². The number of carbonyl (C=O) groups is 3. The summed E-state index contributed by atoms with van der Waals surface area (Å²) in [6, 6.07) is 13.3. The van der Waals surface area contributed by atoms with E-state index in [2.05, 4.69) is 10.1 Å². The molecule has 2 rings (SSSR count). The summed E-state index contributed by atoms with van der Waals surface area (Å²) in [4.78, 5) is 35.7. The average Bonchev–Trinajstić information content (AvgIpc) is 2.66. The number of rotatable bonds is 9. The second-order valence-corrected chi connectivity index (χ2v) is 5.90. The number of esters is 1. The lowest BCUT2D eigenvalue weighted by molar-refractivity contribution is -0.128. The van der Waals surface area contributed by atoms with Crippen molar-refractivity contribution in [2.24, 2.45) is 0 Å². The van der Waals surface area contributed by atoms with E-state index < -0.39 is 31.1 Å². The highest BCUT2D eigenvalue weighted by molar-refractivity contribution is 5.92. The molecule has 0 spiro atoms. The largest absolute Gasteiger partial charge is 0.452 e. The van der Waals surface area contributed by atoms with Crippen molar-refractivity contribution in [3.8, 4) is 5.75 Å². The number of hydrogen-bond acceptors (Lipinski definition) is 5. The summed E-state index contributed by atoms with van der Waals surface area (Å²) in [5.41, 5.74) is 0.952. The number of Topliss-reactive ketones (excluding diaryl/α,β-unsaturated/α-hetero) is 1. The fourth-order valence-electron chi connectivity index (χ4n) is 2.37. The summed E-state index contributed by atoms with van der Waals surface area (Å²) in [5.74, 6) is -1.75. The van der Waals surface area contributed by atoms with Gasteiger partial charge in [0, 0.05) is 0 Å². The van der Waals surface area contributed by atoms with Gasteiger partial charge in [-0.25, -0.2) is 4.79 Å². The summed E-state index contributed by atoms with van der Waals surface area (Å²) >= 11 is 0. The van der Waals surface area contributed by atoms with Gasteiger partial charge in [0.2, 0.25) is 0 Å². The van der Waals surface area contributed by atoms with Crippen molar-refractivity contribution in [3.63, 3.8) is 0 Å². The fourth-order valence-corrected chi connectivity index (χ4v) is 2.37. The van der Waals surface area contributed by atoms with Crippen molar-refractivity contribution in [1.29, 1.82) is 0 Å². The maximum absolute atomic E-state index is 12.1. The smallest absolute Gasteiger partial charge is 0.387 e. The zero-order valence-electron chi connectivity index (χ0n) is 15.1. The molecule has 0 saturated heterocycles. The van der Waals surface area contributed by atoms with Gasteiger partial charge in [-0.2, -0.15) is 8.78 Å². The molecule has 0 aliphatic carbocycles. The van der Waals surface area contributed by atoms with E-state index in [-0.39, 0.29) is 17.1 Å². The molecule has 0 bridgehead atoms. The quantitative estimate of drug-likeness (QED) is 0.665. The van der Waals surface area contributed by atoms with E-state index in [1.807, 2.05) is 30.3 Å². The third-order valence-electron chi connectivity index (χ3n) is 3.76. The van der Waals surface area contributed by atoms with E-state index in [4.69, 9.17) is 4.74 Å². The van der Waals surface area contributed by atoms with E-state index in [1.165, 1.54) is 31.2 Å². The summed E-state index contributed by atoms with van der Waals surface area (Å²) in [6.45, 7) is -2.18. The number of ether oxygens (including phenoxy) is 2. The Bertz CT molecular complexity index is 809. The molecule has 28 heavy (non-hydrogen) atoms. The maximum Gasteiger partial charge on any atom is 0.387 e. The number of benzene rings is 2. The van der Waals surface area contributed by atoms with Crippen LogP contribution < -0.4 is 10.1 Å². The van der Waals surface area contributed by atoms with Gasteiger partial charge in [0.15, 0.2) is 12.4 Å². The molecule has 0 aliphatic rings. The Kier molecular flexibility index (Phi) is 7.62. The molecule has 0 radical (unpaired) electrons. The molecule has 148 valence electrons. The Labute approximate surface area is 160 Å². The van der Waals surface area contributed by atoms with Crippen molar-refractivity contribution >= 4 is 17.7 Å². The van der Waals surface area contributed by atoms with Gasteiger partial charge in [-0.15, -0.1) is 0 Å². The first kappa shape index (κ1) is 21.0. The van der Waals surface area contributed by atoms with Crippen LogP contribution in [0.15, 0.2) is 54.6 Å². The molecule has 6 nitrogen and oxygen atoms in total. The molecule has 2 aromatic carbocycles. The molecule has 8 heteroatoms. The molecule has 0 fully saturated rings. The van der Waals surface area contributed by atoms with Gasteiger partial charge in [0.1, 0.15) is 5.75 Å². The molecule has 1 atom stereocenters. The lowest BCUT2D eigenvalue weighted by Crippen LogP contribution is -2.43. The van der Waals surface area contributed by atoms with E-state index in [9.17, 15) is 23.2 Å². The Morgan fingerprint density at radius 2 is 1.64 bits per heavy atom. The lowest BCUT2D eigenvalue weighted by atomic mass is 10.0. The third-order valence-corrected chi connectivity index (χ3v) is 3.76. The average molecular weight is 391 g/mol. The molecule has 1 N–H and O–H groups in total. The molecule has 2 aromatic rings. The van der Waals surface area contributed by atoms with Crippen molar-refractivity contribution in [3.05, 3.63) is 65.7 Å². The first-order chi connectivity index (χ1) is 13.3. The Morgan fingerprint density at radius 3 is 2.21 bits per heavy atom. The lowest BCUT2D eigenvalue weighted by Gasteiger charge is -2.16. The van der Waals surface area contributed by atoms with Crippen LogP contribution in [0.4, 0.5) is 8.78 Å². The van der Waals surface area contributed by atoms with E-state index in [0.29, 0.717) is 6.42 Å². The Hall–Kier alpha value is -3.29. The Morgan fingerprint density at radius 1 is 1.00 bits per heavy atom.